The number of fused-ring (bicyclic) bond motifs is 1. The Morgan fingerprint density at radius 3 is 2.39 bits per heavy atom. The molecule has 0 aliphatic rings. The van der Waals surface area contributed by atoms with Crippen LogP contribution in [0.3, 0.4) is 0 Å². The van der Waals surface area contributed by atoms with Crippen LogP contribution in [0.4, 0.5) is 0 Å². The number of carbonyl (C=O) groups is 1. The van der Waals surface area contributed by atoms with Crippen LogP contribution in [0.2, 0.25) is 5.02 Å². The van der Waals surface area contributed by atoms with Gasteiger partial charge in [0.2, 0.25) is 12.3 Å². The van der Waals surface area contributed by atoms with Crippen LogP contribution < -0.4 is 4.74 Å². The maximum absolute atomic E-state index is 13.1. The first-order valence-electron chi connectivity index (χ1n) is 9.42. The second-order valence-electron chi connectivity index (χ2n) is 6.74. The summed E-state index contributed by atoms with van der Waals surface area (Å²) in [6, 6.07) is 23.4. The number of ether oxygens (including phenoxy) is 1. The number of carbonyl (C=O) groups excluding carboxylic acids is 1. The lowest BCUT2D eigenvalue weighted by molar-refractivity contribution is 0.0737. The van der Waals surface area contributed by atoms with Crippen LogP contribution in [0.15, 0.2) is 89.7 Å². The van der Waals surface area contributed by atoms with Gasteiger partial charge in [-0.2, -0.15) is 0 Å². The maximum Gasteiger partial charge on any atom is 0.344 e. The summed E-state index contributed by atoms with van der Waals surface area (Å²) in [4.78, 5) is 17.8. The Morgan fingerprint density at radius 1 is 0.903 bits per heavy atom. The lowest BCUT2D eigenvalue weighted by Gasteiger charge is -2.10. The van der Waals surface area contributed by atoms with Crippen LogP contribution in [0, 0.1) is 0 Å². The predicted molar refractivity (Wildman–Crippen MR) is 117 cm³/mol. The van der Waals surface area contributed by atoms with Gasteiger partial charge in [0.1, 0.15) is 5.75 Å². The quantitative estimate of drug-likeness (QED) is 0.265. The fraction of sp³-hybridized carbons (Fsp3) is 0. The number of hydrogen-bond donors (Lipinski definition) is 0. The highest BCUT2D eigenvalue weighted by Gasteiger charge is 2.16. The second kappa shape index (κ2) is 8.01. The Kier molecular flexibility index (Phi) is 4.90. The topological polar surface area (TPSA) is 78.1 Å². The first-order valence-corrected chi connectivity index (χ1v) is 9.80. The van der Waals surface area contributed by atoms with Crippen molar-refractivity contribution in [1.82, 2.24) is 15.2 Å². The minimum atomic E-state index is -0.473. The molecule has 3 aromatic carbocycles. The van der Waals surface area contributed by atoms with E-state index in [2.05, 4.69) is 10.2 Å². The van der Waals surface area contributed by atoms with Crippen molar-refractivity contribution in [3.8, 4) is 28.5 Å². The van der Waals surface area contributed by atoms with E-state index in [1.54, 1.807) is 42.5 Å². The third kappa shape index (κ3) is 3.89. The van der Waals surface area contributed by atoms with Gasteiger partial charge in [-0.25, -0.2) is 9.78 Å². The summed E-state index contributed by atoms with van der Waals surface area (Å²) >= 11 is 6.00. The summed E-state index contributed by atoms with van der Waals surface area (Å²) in [6.07, 6.45) is 1.26. The molecule has 0 saturated carbocycles. The van der Waals surface area contributed by atoms with Gasteiger partial charge in [-0.3, -0.25) is 0 Å². The van der Waals surface area contributed by atoms with E-state index in [4.69, 9.17) is 25.7 Å². The van der Waals surface area contributed by atoms with Crippen molar-refractivity contribution in [3.05, 3.63) is 95.8 Å². The van der Waals surface area contributed by atoms with Gasteiger partial charge in [-0.15, -0.1) is 10.2 Å². The lowest BCUT2D eigenvalue weighted by Crippen LogP contribution is -2.10. The first kappa shape index (κ1) is 19.0. The number of rotatable bonds is 4. The summed E-state index contributed by atoms with van der Waals surface area (Å²) in [6.45, 7) is 0. The van der Waals surface area contributed by atoms with Gasteiger partial charge in [-0.05, 0) is 48.5 Å². The van der Waals surface area contributed by atoms with Crippen molar-refractivity contribution < 1.29 is 13.9 Å². The molecule has 0 unspecified atom stereocenters. The molecule has 0 fully saturated rings. The molecule has 0 aliphatic carbocycles. The summed E-state index contributed by atoms with van der Waals surface area (Å²) in [7, 11) is 0. The van der Waals surface area contributed by atoms with Gasteiger partial charge in [0, 0.05) is 21.5 Å². The van der Waals surface area contributed by atoms with Crippen LogP contribution in [0.5, 0.6) is 5.75 Å². The number of pyridine rings is 1. The number of aromatic nitrogens is 3. The molecule has 0 radical (unpaired) electrons. The molecule has 2 aromatic heterocycles. The monoisotopic (exact) mass is 427 g/mol. The molecule has 6 nitrogen and oxygen atoms in total. The van der Waals surface area contributed by atoms with Gasteiger partial charge in [0.15, 0.2) is 0 Å². The predicted octanol–water partition coefficient (Wildman–Crippen LogP) is 5.82. The number of esters is 1. The molecule has 31 heavy (non-hydrogen) atoms. The van der Waals surface area contributed by atoms with Crippen LogP contribution in [0.25, 0.3) is 33.6 Å². The molecule has 5 aromatic rings. The maximum atomic E-state index is 13.1. The molecule has 2 heterocycles. The summed E-state index contributed by atoms with van der Waals surface area (Å²) in [5.74, 6) is 0.326. The third-order valence-corrected chi connectivity index (χ3v) is 5.00. The molecular formula is C24H14ClN3O3. The fourth-order valence-electron chi connectivity index (χ4n) is 3.24. The Labute approximate surface area is 182 Å². The number of hydrogen-bond acceptors (Lipinski definition) is 6. The number of benzene rings is 3. The van der Waals surface area contributed by atoms with E-state index in [9.17, 15) is 4.79 Å². The van der Waals surface area contributed by atoms with Crippen molar-refractivity contribution in [3.63, 3.8) is 0 Å². The van der Waals surface area contributed by atoms with Gasteiger partial charge >= 0.3 is 5.97 Å². The number of halogens is 1. The Morgan fingerprint density at radius 2 is 1.65 bits per heavy atom. The van der Waals surface area contributed by atoms with Crippen molar-refractivity contribution in [2.24, 2.45) is 0 Å². The zero-order valence-corrected chi connectivity index (χ0v) is 16.8. The van der Waals surface area contributed by atoms with E-state index in [1.165, 1.54) is 6.39 Å². The molecule has 0 amide bonds. The average Bonchev–Trinajstić information content (AvgIpc) is 3.34. The number of nitrogens with zero attached hydrogens (tertiary/aromatic N) is 3. The van der Waals surface area contributed by atoms with Gasteiger partial charge in [-0.1, -0.05) is 41.9 Å². The molecular weight excluding hydrogens is 414 g/mol. The Hall–Kier alpha value is -4.03. The van der Waals surface area contributed by atoms with E-state index < -0.39 is 5.97 Å². The van der Waals surface area contributed by atoms with Crippen molar-refractivity contribution in [2.45, 2.75) is 0 Å². The highest BCUT2D eigenvalue weighted by atomic mass is 35.5. The molecule has 0 atom stereocenters. The summed E-state index contributed by atoms with van der Waals surface area (Å²) in [5, 5.41) is 8.87. The molecule has 0 aliphatic heterocycles. The molecule has 0 N–H and O–H groups in total. The molecule has 0 spiro atoms. The van der Waals surface area contributed by atoms with Crippen molar-refractivity contribution >= 4 is 28.5 Å². The largest absolute Gasteiger partial charge is 0.423 e. The lowest BCUT2D eigenvalue weighted by atomic mass is 10.0. The molecule has 0 saturated heterocycles. The van der Waals surface area contributed by atoms with Crippen LogP contribution in [-0.2, 0) is 0 Å². The number of para-hydroxylation sites is 1. The zero-order valence-electron chi connectivity index (χ0n) is 16.0. The van der Waals surface area contributed by atoms with E-state index in [0.717, 1.165) is 11.1 Å². The van der Waals surface area contributed by atoms with Gasteiger partial charge < -0.3 is 9.15 Å². The molecule has 7 heteroatoms. The van der Waals surface area contributed by atoms with E-state index in [-0.39, 0.29) is 0 Å². The SMILES string of the molecule is O=C(Oc1ccc(-c2nnco2)cc1)c1cc(-c2ccc(Cl)cc2)nc2ccccc12. The molecule has 0 bridgehead atoms. The summed E-state index contributed by atoms with van der Waals surface area (Å²) < 4.78 is 10.8. The third-order valence-electron chi connectivity index (χ3n) is 4.75. The van der Waals surface area contributed by atoms with Crippen LogP contribution in [0.1, 0.15) is 10.4 Å². The zero-order chi connectivity index (χ0) is 21.2. The fourth-order valence-corrected chi connectivity index (χ4v) is 3.37. The smallest absolute Gasteiger partial charge is 0.344 e. The minimum absolute atomic E-state index is 0.394. The minimum Gasteiger partial charge on any atom is -0.423 e. The highest BCUT2D eigenvalue weighted by molar-refractivity contribution is 6.30. The van der Waals surface area contributed by atoms with Gasteiger partial charge in [0.05, 0.1) is 16.8 Å². The van der Waals surface area contributed by atoms with E-state index in [0.29, 0.717) is 38.8 Å². The second-order valence-corrected chi connectivity index (χ2v) is 7.17. The first-order chi connectivity index (χ1) is 15.2. The Bertz CT molecular complexity index is 1370. The van der Waals surface area contributed by atoms with Crippen molar-refractivity contribution in [1.29, 1.82) is 0 Å². The van der Waals surface area contributed by atoms with Crippen LogP contribution in [-0.4, -0.2) is 21.2 Å². The van der Waals surface area contributed by atoms with Crippen LogP contribution >= 0.6 is 11.6 Å². The standard InChI is InChI=1S/C24H14ClN3O3/c25-17-9-5-15(6-10-17)22-13-20(19-3-1-2-4-21(19)27-22)24(29)31-18-11-7-16(8-12-18)23-28-26-14-30-23/h1-14H. The highest BCUT2D eigenvalue weighted by Crippen LogP contribution is 2.27. The van der Waals surface area contributed by atoms with Crippen molar-refractivity contribution in [2.75, 3.05) is 0 Å². The average molecular weight is 428 g/mol. The van der Waals surface area contributed by atoms with E-state index in [1.807, 2.05) is 36.4 Å². The molecule has 5 rings (SSSR count). The van der Waals surface area contributed by atoms with Gasteiger partial charge in [0.25, 0.3) is 0 Å². The Balaban J connectivity index is 1.49. The van der Waals surface area contributed by atoms with E-state index >= 15 is 0 Å². The normalized spacial score (nSPS) is 10.9. The molecule has 150 valence electrons. The summed E-state index contributed by atoms with van der Waals surface area (Å²) in [5.41, 5.74) is 3.38.